The fourth-order valence-electron chi connectivity index (χ4n) is 3.30. The molecule has 2 fully saturated rings. The van der Waals surface area contributed by atoms with Gasteiger partial charge in [-0.3, -0.25) is 0 Å². The summed E-state index contributed by atoms with van der Waals surface area (Å²) >= 11 is 0. The van der Waals surface area contributed by atoms with Crippen LogP contribution in [0.1, 0.15) is 60.3 Å². The highest BCUT2D eigenvalue weighted by Crippen LogP contribution is 2.22. The van der Waals surface area contributed by atoms with Gasteiger partial charge in [0.1, 0.15) is 5.60 Å². The minimum atomic E-state index is -0.422. The summed E-state index contributed by atoms with van der Waals surface area (Å²) in [6.07, 6.45) is 4.59. The molecule has 0 spiro atoms. The van der Waals surface area contributed by atoms with Crippen LogP contribution in [0.4, 0.5) is 4.79 Å². The summed E-state index contributed by atoms with van der Waals surface area (Å²) in [5.74, 6) is 0. The summed E-state index contributed by atoms with van der Waals surface area (Å²) in [4.78, 5) is 16.4. The Kier molecular flexibility index (Phi) is 6.32. The van der Waals surface area contributed by atoms with Crippen molar-refractivity contribution in [2.45, 2.75) is 84.2 Å². The van der Waals surface area contributed by atoms with Crippen molar-refractivity contribution in [3.63, 3.8) is 0 Å². The molecule has 0 aliphatic carbocycles. The first-order valence-corrected chi connectivity index (χ1v) is 9.12. The van der Waals surface area contributed by atoms with Crippen LogP contribution in [0.15, 0.2) is 0 Å². The van der Waals surface area contributed by atoms with E-state index in [1.807, 2.05) is 25.7 Å². The number of piperidine rings is 2. The maximum Gasteiger partial charge on any atom is 0.410 e. The molecular weight excluding hydrogens is 292 g/mol. The molecule has 0 unspecified atom stereocenters. The van der Waals surface area contributed by atoms with Crippen molar-refractivity contribution in [3.8, 4) is 0 Å². The number of likely N-dealkylation sites (tertiary alicyclic amines) is 2. The lowest BCUT2D eigenvalue weighted by atomic mass is 10.0. The second kappa shape index (κ2) is 7.84. The van der Waals surface area contributed by atoms with Gasteiger partial charge in [-0.15, -0.1) is 0 Å². The fourth-order valence-corrected chi connectivity index (χ4v) is 3.30. The number of nitrogens with zero attached hydrogens (tertiary/aromatic N) is 2. The first-order valence-electron chi connectivity index (χ1n) is 9.12. The fraction of sp³-hybridized carbons (Fsp3) is 0.944. The van der Waals surface area contributed by atoms with Crippen LogP contribution in [0.5, 0.6) is 0 Å². The smallest absolute Gasteiger partial charge is 0.410 e. The second-order valence-corrected chi connectivity index (χ2v) is 8.13. The molecule has 0 radical (unpaired) electrons. The lowest BCUT2D eigenvalue weighted by molar-refractivity contribution is -0.0685. The van der Waals surface area contributed by atoms with Crippen molar-refractivity contribution in [3.05, 3.63) is 0 Å². The zero-order valence-electron chi connectivity index (χ0n) is 15.5. The van der Waals surface area contributed by atoms with Crippen LogP contribution in [-0.2, 0) is 9.47 Å². The number of rotatable bonds is 3. The molecule has 2 saturated heterocycles. The van der Waals surface area contributed by atoms with E-state index < -0.39 is 5.60 Å². The van der Waals surface area contributed by atoms with E-state index in [4.69, 9.17) is 9.47 Å². The van der Waals surface area contributed by atoms with Crippen LogP contribution in [-0.4, -0.2) is 65.9 Å². The van der Waals surface area contributed by atoms with Crippen molar-refractivity contribution in [2.24, 2.45) is 0 Å². The number of ether oxygens (including phenoxy) is 2. The Morgan fingerprint density at radius 2 is 1.43 bits per heavy atom. The molecule has 23 heavy (non-hydrogen) atoms. The lowest BCUT2D eigenvalue weighted by Crippen LogP contribution is -2.46. The van der Waals surface area contributed by atoms with E-state index in [0.717, 1.165) is 51.9 Å². The van der Waals surface area contributed by atoms with E-state index in [1.54, 1.807) is 0 Å². The number of hydrogen-bond acceptors (Lipinski definition) is 4. The van der Waals surface area contributed by atoms with Crippen molar-refractivity contribution < 1.29 is 14.3 Å². The Morgan fingerprint density at radius 3 is 1.87 bits per heavy atom. The van der Waals surface area contributed by atoms with Crippen molar-refractivity contribution in [1.82, 2.24) is 9.80 Å². The first kappa shape index (κ1) is 18.5. The Labute approximate surface area is 141 Å². The van der Waals surface area contributed by atoms with Crippen molar-refractivity contribution in [2.75, 3.05) is 26.2 Å². The monoisotopic (exact) mass is 326 g/mol. The molecule has 2 rings (SSSR count). The third-order valence-electron chi connectivity index (χ3n) is 4.69. The zero-order chi connectivity index (χ0) is 17.0. The summed E-state index contributed by atoms with van der Waals surface area (Å²) in [5.41, 5.74) is -0.422. The SMILES string of the molecule is CC(C)N1CCC(OC2CCN(C(=O)OC(C)(C)C)CC2)CC1. The predicted molar refractivity (Wildman–Crippen MR) is 91.6 cm³/mol. The third-order valence-corrected chi connectivity index (χ3v) is 4.69. The minimum absolute atomic E-state index is 0.193. The number of amides is 1. The summed E-state index contributed by atoms with van der Waals surface area (Å²) < 4.78 is 11.7. The Bertz CT molecular complexity index is 376. The van der Waals surface area contributed by atoms with Gasteiger partial charge in [-0.2, -0.15) is 0 Å². The maximum absolute atomic E-state index is 12.1. The van der Waals surface area contributed by atoms with Crippen LogP contribution in [0.3, 0.4) is 0 Å². The van der Waals surface area contributed by atoms with Gasteiger partial charge in [-0.25, -0.2) is 4.79 Å². The van der Waals surface area contributed by atoms with Crippen LogP contribution in [0.25, 0.3) is 0 Å². The first-order chi connectivity index (χ1) is 10.7. The summed E-state index contributed by atoms with van der Waals surface area (Å²) in [7, 11) is 0. The molecule has 2 aliphatic rings. The lowest BCUT2D eigenvalue weighted by Gasteiger charge is -2.38. The van der Waals surface area contributed by atoms with E-state index in [1.165, 1.54) is 0 Å². The molecule has 0 aromatic heterocycles. The topological polar surface area (TPSA) is 42.0 Å². The van der Waals surface area contributed by atoms with E-state index in [0.29, 0.717) is 18.2 Å². The number of carbonyl (C=O) groups excluding carboxylic acids is 1. The van der Waals surface area contributed by atoms with Gasteiger partial charge in [0.15, 0.2) is 0 Å². The third kappa shape index (κ3) is 5.96. The van der Waals surface area contributed by atoms with Gasteiger partial charge >= 0.3 is 6.09 Å². The van der Waals surface area contributed by atoms with Gasteiger partial charge in [-0.1, -0.05) is 0 Å². The molecule has 1 amide bonds. The van der Waals surface area contributed by atoms with Crippen molar-refractivity contribution >= 4 is 6.09 Å². The van der Waals surface area contributed by atoms with Crippen LogP contribution in [0, 0.1) is 0 Å². The molecule has 2 heterocycles. The van der Waals surface area contributed by atoms with E-state index in [2.05, 4.69) is 18.7 Å². The van der Waals surface area contributed by atoms with Crippen LogP contribution in [0.2, 0.25) is 0 Å². The van der Waals surface area contributed by atoms with Gasteiger partial charge in [-0.05, 0) is 60.3 Å². The quantitative estimate of drug-likeness (QED) is 0.798. The molecular formula is C18H34N2O3. The van der Waals surface area contributed by atoms with Gasteiger partial charge in [0.05, 0.1) is 12.2 Å². The molecule has 0 atom stereocenters. The molecule has 2 aliphatic heterocycles. The molecule has 134 valence electrons. The Balaban J connectivity index is 1.68. The summed E-state index contributed by atoms with van der Waals surface area (Å²) in [5, 5.41) is 0. The molecule has 5 heteroatoms. The molecule has 0 saturated carbocycles. The van der Waals surface area contributed by atoms with Crippen molar-refractivity contribution in [1.29, 1.82) is 0 Å². The number of carbonyl (C=O) groups is 1. The van der Waals surface area contributed by atoms with E-state index in [9.17, 15) is 4.79 Å². The molecule has 0 N–H and O–H groups in total. The highest BCUT2D eigenvalue weighted by Gasteiger charge is 2.29. The highest BCUT2D eigenvalue weighted by molar-refractivity contribution is 5.68. The normalized spacial score (nSPS) is 22.6. The summed E-state index contributed by atoms with van der Waals surface area (Å²) in [6.45, 7) is 14.0. The second-order valence-electron chi connectivity index (χ2n) is 8.13. The van der Waals surface area contributed by atoms with Gasteiger partial charge < -0.3 is 19.3 Å². The summed E-state index contributed by atoms with van der Waals surface area (Å²) in [6, 6.07) is 0.632. The van der Waals surface area contributed by atoms with E-state index in [-0.39, 0.29) is 6.09 Å². The van der Waals surface area contributed by atoms with Crippen LogP contribution < -0.4 is 0 Å². The molecule has 5 nitrogen and oxygen atoms in total. The zero-order valence-corrected chi connectivity index (χ0v) is 15.5. The predicted octanol–water partition coefficient (Wildman–Crippen LogP) is 3.28. The standard InChI is InChI=1S/C18H34N2O3/c1-14(2)19-10-6-15(7-11-19)22-16-8-12-20(13-9-16)17(21)23-18(3,4)5/h14-16H,6-13H2,1-5H3. The van der Waals surface area contributed by atoms with Crippen LogP contribution >= 0.6 is 0 Å². The average molecular weight is 326 g/mol. The van der Waals surface area contributed by atoms with Gasteiger partial charge in [0.25, 0.3) is 0 Å². The largest absolute Gasteiger partial charge is 0.444 e. The van der Waals surface area contributed by atoms with E-state index >= 15 is 0 Å². The molecule has 0 aromatic rings. The average Bonchev–Trinajstić information content (AvgIpc) is 2.46. The maximum atomic E-state index is 12.1. The number of hydrogen-bond donors (Lipinski definition) is 0. The molecule has 0 bridgehead atoms. The highest BCUT2D eigenvalue weighted by atomic mass is 16.6. The van der Waals surface area contributed by atoms with Gasteiger partial charge in [0.2, 0.25) is 0 Å². The minimum Gasteiger partial charge on any atom is -0.444 e. The van der Waals surface area contributed by atoms with Gasteiger partial charge in [0, 0.05) is 32.2 Å². The molecule has 0 aromatic carbocycles. The Hall–Kier alpha value is -0.810. The Morgan fingerprint density at radius 1 is 0.957 bits per heavy atom.